The quantitative estimate of drug-likeness (QED) is 0.786. The van der Waals surface area contributed by atoms with Gasteiger partial charge in [0, 0.05) is 11.4 Å². The first-order valence-electron chi connectivity index (χ1n) is 7.09. The molecule has 0 saturated heterocycles. The maximum Gasteiger partial charge on any atom is 0.164 e. The van der Waals surface area contributed by atoms with Crippen molar-refractivity contribution in [1.29, 1.82) is 0 Å². The summed E-state index contributed by atoms with van der Waals surface area (Å²) in [6, 6.07) is 7.74. The molecular formula is C16H18ClN5. The Morgan fingerprint density at radius 1 is 1.23 bits per heavy atom. The van der Waals surface area contributed by atoms with Gasteiger partial charge in [0.05, 0.1) is 16.6 Å². The first-order valence-corrected chi connectivity index (χ1v) is 7.47. The van der Waals surface area contributed by atoms with E-state index in [1.807, 2.05) is 28.9 Å². The van der Waals surface area contributed by atoms with Crippen LogP contribution in [0, 0.1) is 0 Å². The van der Waals surface area contributed by atoms with E-state index in [0.717, 1.165) is 22.3 Å². The predicted octanol–water partition coefficient (Wildman–Crippen LogP) is 3.41. The van der Waals surface area contributed by atoms with Crippen LogP contribution in [0.5, 0.6) is 0 Å². The van der Waals surface area contributed by atoms with Crippen LogP contribution in [-0.4, -0.2) is 19.7 Å². The lowest BCUT2D eigenvalue weighted by molar-refractivity contribution is 0.363. The van der Waals surface area contributed by atoms with E-state index in [0.29, 0.717) is 17.3 Å². The second kappa shape index (κ2) is 5.25. The number of fused-ring (bicyclic) bond motifs is 1. The topological polar surface area (TPSA) is 69.6 Å². The monoisotopic (exact) mass is 315 g/mol. The van der Waals surface area contributed by atoms with Gasteiger partial charge in [0.15, 0.2) is 5.65 Å². The highest BCUT2D eigenvalue weighted by atomic mass is 35.5. The Bertz CT molecular complexity index is 832. The molecule has 2 aromatic heterocycles. The van der Waals surface area contributed by atoms with Gasteiger partial charge in [-0.25, -0.2) is 14.6 Å². The van der Waals surface area contributed by atoms with Crippen LogP contribution < -0.4 is 5.73 Å². The van der Waals surface area contributed by atoms with E-state index in [1.165, 1.54) is 6.33 Å². The lowest BCUT2D eigenvalue weighted by atomic mass is 10.1. The maximum absolute atomic E-state index is 6.07. The van der Waals surface area contributed by atoms with Crippen molar-refractivity contribution in [2.45, 2.75) is 32.7 Å². The number of nitrogens with two attached hydrogens (primary N) is 1. The van der Waals surface area contributed by atoms with Crippen LogP contribution in [0.3, 0.4) is 0 Å². The second-order valence-electron chi connectivity index (χ2n) is 6.29. The number of nitrogen functional groups attached to an aromatic ring is 1. The van der Waals surface area contributed by atoms with E-state index >= 15 is 0 Å². The molecule has 0 aliphatic carbocycles. The highest BCUT2D eigenvalue weighted by Gasteiger charge is 2.23. The summed E-state index contributed by atoms with van der Waals surface area (Å²) >= 11 is 6.06. The van der Waals surface area contributed by atoms with Gasteiger partial charge in [-0.1, -0.05) is 23.7 Å². The summed E-state index contributed by atoms with van der Waals surface area (Å²) in [6.07, 6.45) is 2.11. The molecule has 114 valence electrons. The molecular weight excluding hydrogens is 298 g/mol. The van der Waals surface area contributed by atoms with Gasteiger partial charge in [0.2, 0.25) is 0 Å². The van der Waals surface area contributed by atoms with Crippen molar-refractivity contribution in [1.82, 2.24) is 19.7 Å². The fourth-order valence-electron chi connectivity index (χ4n) is 2.48. The molecule has 0 unspecified atom stereocenters. The van der Waals surface area contributed by atoms with Gasteiger partial charge >= 0.3 is 0 Å². The Morgan fingerprint density at radius 2 is 2.00 bits per heavy atom. The van der Waals surface area contributed by atoms with Crippen LogP contribution >= 0.6 is 11.6 Å². The Morgan fingerprint density at radius 3 is 2.68 bits per heavy atom. The van der Waals surface area contributed by atoms with Gasteiger partial charge in [0.25, 0.3) is 0 Å². The van der Waals surface area contributed by atoms with Gasteiger partial charge in [-0.15, -0.1) is 0 Å². The zero-order chi connectivity index (χ0) is 15.9. The largest absolute Gasteiger partial charge is 0.383 e. The molecule has 3 aromatic rings. The van der Waals surface area contributed by atoms with Gasteiger partial charge in [-0.2, -0.15) is 5.10 Å². The molecule has 3 rings (SSSR count). The average Bonchev–Trinajstić information content (AvgIpc) is 2.79. The van der Waals surface area contributed by atoms with Crippen molar-refractivity contribution >= 4 is 28.5 Å². The van der Waals surface area contributed by atoms with E-state index in [-0.39, 0.29) is 5.54 Å². The lowest BCUT2D eigenvalue weighted by Crippen LogP contribution is -2.23. The Kier molecular flexibility index (Phi) is 3.53. The van der Waals surface area contributed by atoms with Crippen molar-refractivity contribution in [2.75, 3.05) is 5.73 Å². The molecule has 0 radical (unpaired) electrons. The molecule has 0 amide bonds. The number of anilines is 1. The number of benzene rings is 1. The highest BCUT2D eigenvalue weighted by molar-refractivity contribution is 6.30. The molecule has 22 heavy (non-hydrogen) atoms. The fourth-order valence-corrected chi connectivity index (χ4v) is 2.69. The van der Waals surface area contributed by atoms with Crippen LogP contribution in [0.1, 0.15) is 32.0 Å². The summed E-state index contributed by atoms with van der Waals surface area (Å²) < 4.78 is 1.90. The molecule has 0 bridgehead atoms. The third-order valence-corrected chi connectivity index (χ3v) is 3.70. The second-order valence-corrected chi connectivity index (χ2v) is 6.73. The van der Waals surface area contributed by atoms with E-state index in [9.17, 15) is 0 Å². The van der Waals surface area contributed by atoms with E-state index in [4.69, 9.17) is 22.4 Å². The standard InChI is InChI=1S/C16H18ClN5/c1-16(2,3)22-15-13(14(18)19-9-20-15)12(21-22)8-10-5-4-6-11(17)7-10/h4-7,9H,8H2,1-3H3,(H2,18,19,20). The number of hydrogen-bond acceptors (Lipinski definition) is 4. The number of aromatic nitrogens is 4. The molecule has 0 atom stereocenters. The molecule has 1 aromatic carbocycles. The van der Waals surface area contributed by atoms with Gasteiger partial charge < -0.3 is 5.73 Å². The maximum atomic E-state index is 6.07. The Balaban J connectivity index is 2.17. The Hall–Kier alpha value is -2.14. The summed E-state index contributed by atoms with van der Waals surface area (Å²) in [6.45, 7) is 6.25. The summed E-state index contributed by atoms with van der Waals surface area (Å²) in [5, 5.41) is 6.26. The minimum atomic E-state index is -0.189. The third-order valence-electron chi connectivity index (χ3n) is 3.46. The van der Waals surface area contributed by atoms with Crippen molar-refractivity contribution in [2.24, 2.45) is 0 Å². The van der Waals surface area contributed by atoms with E-state index < -0.39 is 0 Å². The molecule has 0 saturated carbocycles. The van der Waals surface area contributed by atoms with E-state index in [2.05, 4.69) is 30.7 Å². The first-order chi connectivity index (χ1) is 10.4. The van der Waals surface area contributed by atoms with Crippen molar-refractivity contribution in [3.8, 4) is 0 Å². The third kappa shape index (κ3) is 2.64. The number of halogens is 1. The molecule has 0 fully saturated rings. The molecule has 0 aliphatic rings. The minimum Gasteiger partial charge on any atom is -0.383 e. The molecule has 2 heterocycles. The van der Waals surface area contributed by atoms with Crippen molar-refractivity contribution < 1.29 is 0 Å². The number of rotatable bonds is 2. The van der Waals surface area contributed by atoms with E-state index in [1.54, 1.807) is 0 Å². The number of nitrogens with zero attached hydrogens (tertiary/aromatic N) is 4. The number of hydrogen-bond donors (Lipinski definition) is 1. The predicted molar refractivity (Wildman–Crippen MR) is 89.0 cm³/mol. The molecule has 5 nitrogen and oxygen atoms in total. The Labute approximate surface area is 134 Å². The van der Waals surface area contributed by atoms with Crippen LogP contribution in [0.15, 0.2) is 30.6 Å². The zero-order valence-electron chi connectivity index (χ0n) is 12.8. The fraction of sp³-hybridized carbons (Fsp3) is 0.312. The first kappa shape index (κ1) is 14.8. The molecule has 0 aliphatic heterocycles. The molecule has 0 spiro atoms. The SMILES string of the molecule is CC(C)(C)n1nc(Cc2cccc(Cl)c2)c2c(N)ncnc21. The van der Waals surface area contributed by atoms with Crippen LogP contribution in [0.4, 0.5) is 5.82 Å². The van der Waals surface area contributed by atoms with Gasteiger partial charge in [-0.3, -0.25) is 0 Å². The highest BCUT2D eigenvalue weighted by Crippen LogP contribution is 2.28. The summed E-state index contributed by atoms with van der Waals surface area (Å²) in [5.74, 6) is 0.456. The normalized spacial score (nSPS) is 12.0. The van der Waals surface area contributed by atoms with Crippen molar-refractivity contribution in [3.05, 3.63) is 46.9 Å². The summed E-state index contributed by atoms with van der Waals surface area (Å²) in [4.78, 5) is 8.48. The van der Waals surface area contributed by atoms with Gasteiger partial charge in [-0.05, 0) is 38.5 Å². The molecule has 6 heteroatoms. The van der Waals surface area contributed by atoms with Gasteiger partial charge in [0.1, 0.15) is 12.1 Å². The van der Waals surface area contributed by atoms with Crippen LogP contribution in [-0.2, 0) is 12.0 Å². The smallest absolute Gasteiger partial charge is 0.164 e. The van der Waals surface area contributed by atoms with Crippen molar-refractivity contribution in [3.63, 3.8) is 0 Å². The lowest BCUT2D eigenvalue weighted by Gasteiger charge is -2.19. The van der Waals surface area contributed by atoms with Crippen LogP contribution in [0.25, 0.3) is 11.0 Å². The molecule has 2 N–H and O–H groups in total. The average molecular weight is 316 g/mol. The summed E-state index contributed by atoms with van der Waals surface area (Å²) in [7, 11) is 0. The minimum absolute atomic E-state index is 0.189. The van der Waals surface area contributed by atoms with Crippen LogP contribution in [0.2, 0.25) is 5.02 Å². The zero-order valence-corrected chi connectivity index (χ0v) is 13.6. The summed E-state index contributed by atoms with van der Waals surface area (Å²) in [5.41, 5.74) is 8.58.